The monoisotopic (exact) mass is 487 g/mol. The van der Waals surface area contributed by atoms with Gasteiger partial charge in [0, 0.05) is 21.2 Å². The fourth-order valence-electron chi connectivity index (χ4n) is 2.95. The molecule has 7 nitrogen and oxygen atoms in total. The summed E-state index contributed by atoms with van der Waals surface area (Å²) in [4.78, 5) is 0. The number of nitrogens with two attached hydrogens (primary N) is 1. The van der Waals surface area contributed by atoms with E-state index in [0.717, 1.165) is 5.56 Å². The SMILES string of the molecule is N#CC(=Cc1cc(Cl)cc(Cl)c1OCc1ccccc1Cl)c1nn(CCO)c(N)c1C#N. The third-order valence-corrected chi connectivity index (χ3v) is 5.33. The molecule has 0 unspecified atom stereocenters. The van der Waals surface area contributed by atoms with E-state index in [9.17, 15) is 15.6 Å². The second kappa shape index (κ2) is 10.4. The first-order valence-corrected chi connectivity index (χ1v) is 10.4. The third-order valence-electron chi connectivity index (χ3n) is 4.46. The van der Waals surface area contributed by atoms with Gasteiger partial charge in [0.2, 0.25) is 0 Å². The number of nitriles is 2. The molecule has 3 rings (SSSR count). The molecule has 3 N–H and O–H groups in total. The minimum absolute atomic E-state index is 0.0258. The Morgan fingerprint density at radius 1 is 1.19 bits per heavy atom. The minimum Gasteiger partial charge on any atom is -0.487 e. The lowest BCUT2D eigenvalue weighted by atomic mass is 10.1. The molecule has 0 amide bonds. The fourth-order valence-corrected chi connectivity index (χ4v) is 3.71. The molecule has 32 heavy (non-hydrogen) atoms. The van der Waals surface area contributed by atoms with Crippen LogP contribution in [0, 0.1) is 22.7 Å². The molecule has 0 spiro atoms. The average Bonchev–Trinajstić information content (AvgIpc) is 3.07. The number of rotatable bonds is 7. The van der Waals surface area contributed by atoms with Crippen molar-refractivity contribution >= 4 is 52.3 Å². The second-order valence-electron chi connectivity index (χ2n) is 6.52. The first-order chi connectivity index (χ1) is 15.4. The maximum atomic E-state index is 9.77. The number of aliphatic hydroxyl groups excluding tert-OH is 1. The van der Waals surface area contributed by atoms with Crippen LogP contribution < -0.4 is 10.5 Å². The number of halogens is 3. The summed E-state index contributed by atoms with van der Waals surface area (Å²) in [7, 11) is 0. The summed E-state index contributed by atoms with van der Waals surface area (Å²) in [6.45, 7) is -0.0224. The van der Waals surface area contributed by atoms with Crippen LogP contribution in [0.25, 0.3) is 11.6 Å². The van der Waals surface area contributed by atoms with Gasteiger partial charge in [-0.15, -0.1) is 0 Å². The van der Waals surface area contributed by atoms with Crippen LogP contribution in [-0.4, -0.2) is 21.5 Å². The molecule has 2 aromatic carbocycles. The number of aliphatic hydroxyl groups is 1. The van der Waals surface area contributed by atoms with E-state index in [2.05, 4.69) is 5.10 Å². The minimum atomic E-state index is -0.230. The Hall–Kier alpha value is -3.20. The summed E-state index contributed by atoms with van der Waals surface area (Å²) in [5.74, 6) is 0.335. The number of ether oxygens (including phenoxy) is 1. The first-order valence-electron chi connectivity index (χ1n) is 9.24. The molecule has 10 heteroatoms. The Morgan fingerprint density at radius 3 is 2.59 bits per heavy atom. The molecule has 0 radical (unpaired) electrons. The molecule has 0 atom stereocenters. The van der Waals surface area contributed by atoms with E-state index in [-0.39, 0.29) is 53.2 Å². The van der Waals surface area contributed by atoms with Crippen LogP contribution in [0.1, 0.15) is 22.4 Å². The van der Waals surface area contributed by atoms with Gasteiger partial charge in [-0.1, -0.05) is 53.0 Å². The Bertz CT molecular complexity index is 1270. The van der Waals surface area contributed by atoms with E-state index >= 15 is 0 Å². The van der Waals surface area contributed by atoms with Crippen molar-refractivity contribution in [2.24, 2.45) is 0 Å². The largest absolute Gasteiger partial charge is 0.487 e. The Kier molecular flexibility index (Phi) is 7.63. The van der Waals surface area contributed by atoms with Crippen molar-refractivity contribution in [1.29, 1.82) is 10.5 Å². The molecule has 0 aliphatic heterocycles. The number of aromatic nitrogens is 2. The zero-order valence-electron chi connectivity index (χ0n) is 16.5. The summed E-state index contributed by atoms with van der Waals surface area (Å²) in [5.41, 5.74) is 7.25. The normalized spacial score (nSPS) is 11.1. The second-order valence-corrected chi connectivity index (χ2v) is 7.77. The van der Waals surface area contributed by atoms with Gasteiger partial charge >= 0.3 is 0 Å². The Labute approximate surface area is 199 Å². The quantitative estimate of drug-likeness (QED) is 0.455. The predicted molar refractivity (Wildman–Crippen MR) is 124 cm³/mol. The highest BCUT2D eigenvalue weighted by atomic mass is 35.5. The topological polar surface area (TPSA) is 121 Å². The molecule has 1 heterocycles. The molecule has 0 bridgehead atoms. The van der Waals surface area contributed by atoms with Crippen LogP contribution in [0.2, 0.25) is 15.1 Å². The molecular formula is C22H16Cl3N5O2. The summed E-state index contributed by atoms with van der Waals surface area (Å²) >= 11 is 18.7. The highest BCUT2D eigenvalue weighted by Crippen LogP contribution is 2.36. The maximum absolute atomic E-state index is 9.77. The van der Waals surface area contributed by atoms with Gasteiger partial charge < -0.3 is 15.6 Å². The summed E-state index contributed by atoms with van der Waals surface area (Å²) in [6, 6.07) is 14.3. The average molecular weight is 489 g/mol. The summed E-state index contributed by atoms with van der Waals surface area (Å²) in [5, 5.41) is 33.8. The zero-order valence-corrected chi connectivity index (χ0v) is 18.8. The van der Waals surface area contributed by atoms with Crippen molar-refractivity contribution in [1.82, 2.24) is 9.78 Å². The van der Waals surface area contributed by atoms with Gasteiger partial charge in [-0.2, -0.15) is 15.6 Å². The first kappa shape index (κ1) is 23.5. The standard InChI is InChI=1S/C22H16Cl3N5O2/c23-16-8-14(21(19(25)9-16)32-12-13-3-1-2-4-18(13)24)7-15(10-26)20-17(11-27)22(28)30(29-20)5-6-31/h1-4,7-9,31H,5-6,12,28H2. The lowest BCUT2D eigenvalue weighted by molar-refractivity contribution is 0.270. The van der Waals surface area contributed by atoms with Gasteiger partial charge in [-0.05, 0) is 24.3 Å². The summed E-state index contributed by atoms with van der Waals surface area (Å²) < 4.78 is 7.18. The molecule has 0 saturated carbocycles. The lowest BCUT2D eigenvalue weighted by Crippen LogP contribution is -2.07. The number of nitrogen functional groups attached to an aromatic ring is 1. The molecule has 162 valence electrons. The van der Waals surface area contributed by atoms with E-state index in [0.29, 0.717) is 15.6 Å². The Balaban J connectivity index is 2.07. The van der Waals surface area contributed by atoms with E-state index in [4.69, 9.17) is 45.3 Å². The number of nitrogens with zero attached hydrogens (tertiary/aromatic N) is 4. The van der Waals surface area contributed by atoms with Crippen LogP contribution in [-0.2, 0) is 13.2 Å². The van der Waals surface area contributed by atoms with E-state index in [1.165, 1.54) is 16.8 Å². The van der Waals surface area contributed by atoms with Crippen molar-refractivity contribution in [3.05, 3.63) is 73.9 Å². The van der Waals surface area contributed by atoms with Gasteiger partial charge in [-0.25, -0.2) is 4.68 Å². The van der Waals surface area contributed by atoms with Gasteiger partial charge in [-0.3, -0.25) is 0 Å². The fraction of sp³-hybridized carbons (Fsp3) is 0.136. The maximum Gasteiger partial charge on any atom is 0.145 e. The molecule has 3 aromatic rings. The van der Waals surface area contributed by atoms with Crippen LogP contribution in [0.3, 0.4) is 0 Å². The van der Waals surface area contributed by atoms with Crippen molar-refractivity contribution < 1.29 is 9.84 Å². The highest BCUT2D eigenvalue weighted by molar-refractivity contribution is 6.36. The molecule has 1 aromatic heterocycles. The number of benzene rings is 2. The predicted octanol–water partition coefficient (Wildman–Crippen LogP) is 4.93. The third kappa shape index (κ3) is 4.99. The van der Waals surface area contributed by atoms with Crippen LogP contribution in [0.4, 0.5) is 5.82 Å². The van der Waals surface area contributed by atoms with Crippen LogP contribution in [0.5, 0.6) is 5.75 Å². The number of hydrogen-bond acceptors (Lipinski definition) is 6. The number of anilines is 1. The van der Waals surface area contributed by atoms with Gasteiger partial charge in [0.05, 0.1) is 23.7 Å². The van der Waals surface area contributed by atoms with Gasteiger partial charge in [0.25, 0.3) is 0 Å². The summed E-state index contributed by atoms with van der Waals surface area (Å²) in [6.07, 6.45) is 1.46. The van der Waals surface area contributed by atoms with E-state index in [1.54, 1.807) is 12.1 Å². The lowest BCUT2D eigenvalue weighted by Gasteiger charge is -2.13. The van der Waals surface area contributed by atoms with Crippen molar-refractivity contribution in [3.63, 3.8) is 0 Å². The number of allylic oxidation sites excluding steroid dienone is 1. The van der Waals surface area contributed by atoms with Crippen LogP contribution >= 0.6 is 34.8 Å². The molecule has 0 saturated heterocycles. The molecule has 0 aliphatic rings. The smallest absolute Gasteiger partial charge is 0.145 e. The van der Waals surface area contributed by atoms with Crippen LogP contribution in [0.15, 0.2) is 36.4 Å². The van der Waals surface area contributed by atoms with Gasteiger partial charge in [0.1, 0.15) is 41.6 Å². The highest BCUT2D eigenvalue weighted by Gasteiger charge is 2.20. The van der Waals surface area contributed by atoms with Crippen molar-refractivity contribution in [3.8, 4) is 17.9 Å². The van der Waals surface area contributed by atoms with Crippen molar-refractivity contribution in [2.75, 3.05) is 12.3 Å². The molecule has 0 fully saturated rings. The van der Waals surface area contributed by atoms with Gasteiger partial charge in [0.15, 0.2) is 0 Å². The molecular weight excluding hydrogens is 473 g/mol. The zero-order chi connectivity index (χ0) is 23.3. The Morgan fingerprint density at radius 2 is 1.94 bits per heavy atom. The van der Waals surface area contributed by atoms with E-state index < -0.39 is 0 Å². The molecule has 0 aliphatic carbocycles. The van der Waals surface area contributed by atoms with Crippen molar-refractivity contribution in [2.45, 2.75) is 13.2 Å². The number of hydrogen-bond donors (Lipinski definition) is 2. The van der Waals surface area contributed by atoms with E-state index in [1.807, 2.05) is 30.3 Å².